The van der Waals surface area contributed by atoms with Crippen LogP contribution < -0.4 is 5.32 Å². The monoisotopic (exact) mass is 546 g/mol. The Morgan fingerprint density at radius 2 is 1.64 bits per heavy atom. The first-order chi connectivity index (χ1) is 18.7. The lowest BCUT2D eigenvalue weighted by Gasteiger charge is -2.31. The minimum atomic E-state index is -4.09. The number of fused-ring (bicyclic) bond motifs is 1. The molecule has 0 radical (unpaired) electrons. The van der Waals surface area contributed by atoms with E-state index in [-0.39, 0.29) is 24.5 Å². The number of nitrogens with zero attached hydrogens (tertiary/aromatic N) is 3. The van der Waals surface area contributed by atoms with Gasteiger partial charge in [-0.3, -0.25) is 10.1 Å². The molecule has 0 aliphatic carbocycles. The van der Waals surface area contributed by atoms with E-state index in [1.165, 1.54) is 12.1 Å². The number of rotatable bonds is 7. The Balaban J connectivity index is 1.27. The molecule has 11 heteroatoms. The van der Waals surface area contributed by atoms with Crippen molar-refractivity contribution in [1.29, 1.82) is 0 Å². The molecule has 0 saturated carbocycles. The average molecular weight is 547 g/mol. The highest BCUT2D eigenvalue weighted by Crippen LogP contribution is 2.30. The second kappa shape index (κ2) is 10.7. The second-order valence-electron chi connectivity index (χ2n) is 9.15. The van der Waals surface area contributed by atoms with Crippen molar-refractivity contribution in [2.24, 2.45) is 7.05 Å². The minimum absolute atomic E-state index is 0.00340. The van der Waals surface area contributed by atoms with Crippen molar-refractivity contribution >= 4 is 27.8 Å². The number of aromatic nitrogens is 2. The summed E-state index contributed by atoms with van der Waals surface area (Å²) in [4.78, 5) is 28.3. The van der Waals surface area contributed by atoms with Gasteiger partial charge in [0.15, 0.2) is 0 Å². The van der Waals surface area contributed by atoms with Gasteiger partial charge in [0.25, 0.3) is 0 Å². The maximum atomic E-state index is 13.4. The van der Waals surface area contributed by atoms with E-state index in [2.05, 4.69) is 10.3 Å². The number of sulfonamides is 1. The molecule has 4 aromatic rings. The van der Waals surface area contributed by atoms with Gasteiger partial charge in [0, 0.05) is 24.8 Å². The first kappa shape index (κ1) is 26.1. The summed E-state index contributed by atoms with van der Waals surface area (Å²) in [6.45, 7) is 0.0488. The number of hydrogen-bond donors (Lipinski definition) is 2. The second-order valence-corrected chi connectivity index (χ2v) is 11.0. The summed E-state index contributed by atoms with van der Waals surface area (Å²) >= 11 is 0. The molecule has 0 unspecified atom stereocenters. The molecule has 1 aliphatic heterocycles. The number of aliphatic carboxylic acids is 1. The van der Waals surface area contributed by atoms with Crippen molar-refractivity contribution in [2.45, 2.75) is 30.5 Å². The summed E-state index contributed by atoms with van der Waals surface area (Å²) in [5, 5.41) is 12.4. The van der Waals surface area contributed by atoms with E-state index < -0.39 is 28.1 Å². The third-order valence-corrected chi connectivity index (χ3v) is 8.48. The third kappa shape index (κ3) is 5.54. The smallest absolute Gasteiger partial charge is 0.411 e. The summed E-state index contributed by atoms with van der Waals surface area (Å²) in [7, 11) is -2.33. The van der Waals surface area contributed by atoms with Gasteiger partial charge in [0.2, 0.25) is 10.0 Å². The molecule has 0 saturated heterocycles. The van der Waals surface area contributed by atoms with E-state index in [1.807, 2.05) is 30.3 Å². The molecule has 1 atom stereocenters. The number of amides is 1. The lowest BCUT2D eigenvalue weighted by molar-refractivity contribution is -0.141. The van der Waals surface area contributed by atoms with E-state index in [4.69, 9.17) is 4.74 Å². The van der Waals surface area contributed by atoms with Gasteiger partial charge in [-0.2, -0.15) is 4.31 Å². The number of carboxylic acid groups (broad SMARTS) is 1. The van der Waals surface area contributed by atoms with Gasteiger partial charge < -0.3 is 14.4 Å². The Kier molecular flexibility index (Phi) is 7.18. The van der Waals surface area contributed by atoms with Gasteiger partial charge in [-0.25, -0.2) is 18.2 Å². The fourth-order valence-electron chi connectivity index (χ4n) is 4.48. The highest BCUT2D eigenvalue weighted by molar-refractivity contribution is 7.89. The number of benzene rings is 3. The predicted molar refractivity (Wildman–Crippen MR) is 143 cm³/mol. The molecule has 3 aromatic carbocycles. The molecule has 1 aliphatic rings. The lowest BCUT2D eigenvalue weighted by Crippen LogP contribution is -2.48. The highest BCUT2D eigenvalue weighted by Gasteiger charge is 2.41. The maximum absolute atomic E-state index is 13.4. The zero-order valence-electron chi connectivity index (χ0n) is 21.0. The van der Waals surface area contributed by atoms with Gasteiger partial charge in [-0.15, -0.1) is 0 Å². The minimum Gasteiger partial charge on any atom is -0.480 e. The molecule has 200 valence electrons. The van der Waals surface area contributed by atoms with Crippen molar-refractivity contribution in [3.63, 3.8) is 0 Å². The number of nitrogens with one attached hydrogen (secondary N) is 1. The summed E-state index contributed by atoms with van der Waals surface area (Å²) in [5.41, 5.74) is 4.26. The quantitative estimate of drug-likeness (QED) is 0.358. The van der Waals surface area contributed by atoms with Gasteiger partial charge in [-0.1, -0.05) is 54.6 Å². The summed E-state index contributed by atoms with van der Waals surface area (Å²) in [6.07, 6.45) is 1.03. The molecule has 39 heavy (non-hydrogen) atoms. The molecule has 0 spiro atoms. The number of carboxylic acids is 1. The summed E-state index contributed by atoms with van der Waals surface area (Å²) in [5.74, 6) is -1.21. The molecular formula is C28H26N4O6S. The number of ether oxygens (including phenoxy) is 1. The molecule has 2 N–H and O–H groups in total. The molecule has 1 aromatic heterocycles. The standard InChI is InChI=1S/C28H26N4O6S/c1-31-18-29-24-16-32(26(27(33)34)15-25(24)31)39(36,37)23-13-9-21(10-14-23)20-7-11-22(12-8-20)30-28(35)38-17-19-5-3-2-4-6-19/h2-14,18,26H,15-17H2,1H3,(H,30,35)(H,33,34)/t26-/m1/s1. The largest absolute Gasteiger partial charge is 0.480 e. The fraction of sp³-hybridized carbons (Fsp3) is 0.179. The van der Waals surface area contributed by atoms with Crippen LogP contribution in [0.2, 0.25) is 0 Å². The van der Waals surface area contributed by atoms with Gasteiger partial charge >= 0.3 is 12.1 Å². The zero-order chi connectivity index (χ0) is 27.6. The summed E-state index contributed by atoms with van der Waals surface area (Å²) < 4.78 is 34.8. The average Bonchev–Trinajstić information content (AvgIpc) is 3.32. The number of aryl methyl sites for hydroxylation is 1. The molecule has 0 fully saturated rings. The number of anilines is 1. The van der Waals surface area contributed by atoms with Crippen LogP contribution in [0.3, 0.4) is 0 Å². The molecule has 1 amide bonds. The van der Waals surface area contributed by atoms with E-state index in [0.717, 1.165) is 21.0 Å². The maximum Gasteiger partial charge on any atom is 0.411 e. The van der Waals surface area contributed by atoms with Crippen LogP contribution in [0.25, 0.3) is 11.1 Å². The van der Waals surface area contributed by atoms with Crippen LogP contribution in [-0.2, 0) is 46.2 Å². The summed E-state index contributed by atoms with van der Waals surface area (Å²) in [6, 6.07) is 21.4. The number of carbonyl (C=O) groups is 2. The first-order valence-corrected chi connectivity index (χ1v) is 13.6. The fourth-order valence-corrected chi connectivity index (χ4v) is 6.02. The SMILES string of the molecule is Cn1cnc2c1C[C@H](C(=O)O)N(S(=O)(=O)c1ccc(-c3ccc(NC(=O)OCc4ccccc4)cc3)cc1)C2. The Morgan fingerprint density at radius 1 is 1.00 bits per heavy atom. The lowest BCUT2D eigenvalue weighted by atomic mass is 10.1. The van der Waals surface area contributed by atoms with E-state index in [9.17, 15) is 23.1 Å². The van der Waals surface area contributed by atoms with Gasteiger partial charge in [0.1, 0.15) is 12.6 Å². The van der Waals surface area contributed by atoms with Crippen LogP contribution in [0.1, 0.15) is 17.0 Å². The van der Waals surface area contributed by atoms with E-state index in [1.54, 1.807) is 54.3 Å². The van der Waals surface area contributed by atoms with Crippen molar-refractivity contribution in [3.8, 4) is 11.1 Å². The Hall–Kier alpha value is -4.48. The number of hydrogen-bond acceptors (Lipinski definition) is 6. The van der Waals surface area contributed by atoms with Crippen molar-refractivity contribution in [1.82, 2.24) is 13.9 Å². The van der Waals surface area contributed by atoms with Crippen molar-refractivity contribution in [3.05, 3.63) is 102 Å². The van der Waals surface area contributed by atoms with Crippen molar-refractivity contribution < 1.29 is 27.9 Å². The van der Waals surface area contributed by atoms with Gasteiger partial charge in [0.05, 0.1) is 23.5 Å². The Bertz CT molecular complexity index is 1600. The molecule has 2 heterocycles. The molecule has 0 bridgehead atoms. The highest BCUT2D eigenvalue weighted by atomic mass is 32.2. The molecular weight excluding hydrogens is 520 g/mol. The van der Waals surface area contributed by atoms with Crippen LogP contribution in [-0.4, -0.2) is 45.5 Å². The normalized spacial score (nSPS) is 15.4. The van der Waals surface area contributed by atoms with Crippen LogP contribution >= 0.6 is 0 Å². The third-order valence-electron chi connectivity index (χ3n) is 6.61. The zero-order valence-corrected chi connectivity index (χ0v) is 21.8. The van der Waals surface area contributed by atoms with Crippen LogP contribution in [0.15, 0.2) is 90.1 Å². The van der Waals surface area contributed by atoms with Crippen LogP contribution in [0.4, 0.5) is 10.5 Å². The molecule has 10 nitrogen and oxygen atoms in total. The van der Waals surface area contributed by atoms with Crippen LogP contribution in [0.5, 0.6) is 0 Å². The Morgan fingerprint density at radius 3 is 2.28 bits per heavy atom. The Labute approximate surface area is 225 Å². The number of imidazole rings is 1. The first-order valence-electron chi connectivity index (χ1n) is 12.1. The van der Waals surface area contributed by atoms with E-state index in [0.29, 0.717) is 17.1 Å². The van der Waals surface area contributed by atoms with Crippen LogP contribution in [0, 0.1) is 0 Å². The molecule has 5 rings (SSSR count). The topological polar surface area (TPSA) is 131 Å². The predicted octanol–water partition coefficient (Wildman–Crippen LogP) is 4.04. The van der Waals surface area contributed by atoms with Gasteiger partial charge in [-0.05, 0) is 41.0 Å². The van der Waals surface area contributed by atoms with Crippen molar-refractivity contribution in [2.75, 3.05) is 5.32 Å². The van der Waals surface area contributed by atoms with E-state index >= 15 is 0 Å². The number of carbonyl (C=O) groups excluding carboxylic acids is 1.